The fourth-order valence-electron chi connectivity index (χ4n) is 4.88. The van der Waals surface area contributed by atoms with Crippen molar-refractivity contribution < 1.29 is 23.8 Å². The van der Waals surface area contributed by atoms with Gasteiger partial charge in [-0.15, -0.1) is 0 Å². The lowest BCUT2D eigenvalue weighted by atomic mass is 9.77. The number of amides is 2. The molecule has 1 spiro atoms. The summed E-state index contributed by atoms with van der Waals surface area (Å²) in [5.41, 5.74) is 0.844. The van der Waals surface area contributed by atoms with Crippen LogP contribution in [0.5, 0.6) is 11.5 Å². The van der Waals surface area contributed by atoms with Crippen LogP contribution in [0.1, 0.15) is 5.56 Å². The minimum absolute atomic E-state index is 0.109. The van der Waals surface area contributed by atoms with Gasteiger partial charge in [0.05, 0.1) is 24.5 Å². The number of carbonyl (C=O) groups excluding carboxylic acids is 2. The van der Waals surface area contributed by atoms with Crippen molar-refractivity contribution in [2.75, 3.05) is 18.2 Å². The zero-order valence-corrected chi connectivity index (χ0v) is 16.0. The zero-order valence-electron chi connectivity index (χ0n) is 16.0. The van der Waals surface area contributed by atoms with E-state index in [-0.39, 0.29) is 24.7 Å². The van der Waals surface area contributed by atoms with E-state index in [4.69, 9.17) is 14.2 Å². The van der Waals surface area contributed by atoms with Crippen LogP contribution in [-0.2, 0) is 20.9 Å². The Kier molecular flexibility index (Phi) is 3.67. The summed E-state index contributed by atoms with van der Waals surface area (Å²) in [5, 5.41) is 2.94. The molecule has 8 nitrogen and oxygen atoms in total. The summed E-state index contributed by atoms with van der Waals surface area (Å²) in [5.74, 6) is -0.122. The molecule has 4 aliphatic heterocycles. The van der Waals surface area contributed by atoms with Gasteiger partial charge in [0.25, 0.3) is 0 Å². The largest absolute Gasteiger partial charge is 0.454 e. The summed E-state index contributed by atoms with van der Waals surface area (Å²) in [4.78, 5) is 32.2. The fraction of sp³-hybridized carbons (Fsp3) is 0.318. The number of aromatic nitrogens is 1. The molecular weight excluding hydrogens is 386 g/mol. The van der Waals surface area contributed by atoms with Crippen LogP contribution in [-0.4, -0.2) is 41.8 Å². The maximum absolute atomic E-state index is 13.4. The Morgan fingerprint density at radius 1 is 1.27 bits per heavy atom. The first-order valence-corrected chi connectivity index (χ1v) is 9.89. The highest BCUT2D eigenvalue weighted by atomic mass is 16.7. The first-order chi connectivity index (χ1) is 14.6. The topological polar surface area (TPSA) is 90.0 Å². The highest BCUT2D eigenvalue weighted by Gasteiger charge is 2.67. The molecule has 1 aromatic heterocycles. The molecule has 6 rings (SSSR count). The molecule has 152 valence electrons. The Bertz CT molecular complexity index is 1070. The van der Waals surface area contributed by atoms with Crippen molar-refractivity contribution in [3.05, 3.63) is 60.4 Å². The Hall–Kier alpha value is -3.39. The summed E-state index contributed by atoms with van der Waals surface area (Å²) < 4.78 is 17.0. The fourth-order valence-corrected chi connectivity index (χ4v) is 4.88. The minimum Gasteiger partial charge on any atom is -0.454 e. The third kappa shape index (κ3) is 2.46. The van der Waals surface area contributed by atoms with Crippen molar-refractivity contribution in [3.63, 3.8) is 0 Å². The van der Waals surface area contributed by atoms with Gasteiger partial charge in [-0.3, -0.25) is 14.6 Å². The molecule has 1 N–H and O–H groups in total. The van der Waals surface area contributed by atoms with Gasteiger partial charge >= 0.3 is 0 Å². The number of carbonyl (C=O) groups is 2. The van der Waals surface area contributed by atoms with Crippen LogP contribution in [0.3, 0.4) is 0 Å². The lowest BCUT2D eigenvalue weighted by Gasteiger charge is -2.23. The summed E-state index contributed by atoms with van der Waals surface area (Å²) in [6.45, 7) is 0.904. The van der Waals surface area contributed by atoms with Gasteiger partial charge in [-0.2, -0.15) is 0 Å². The first-order valence-electron chi connectivity index (χ1n) is 9.89. The number of pyridine rings is 1. The van der Waals surface area contributed by atoms with Crippen LogP contribution in [0.25, 0.3) is 0 Å². The summed E-state index contributed by atoms with van der Waals surface area (Å²) >= 11 is 0. The lowest BCUT2D eigenvalue weighted by Crippen LogP contribution is -2.44. The van der Waals surface area contributed by atoms with E-state index in [2.05, 4.69) is 10.3 Å². The third-order valence-electron chi connectivity index (χ3n) is 6.26. The average Bonchev–Trinajstić information content (AvgIpc) is 3.53. The molecule has 0 radical (unpaired) electrons. The van der Waals surface area contributed by atoms with Crippen molar-refractivity contribution in [1.29, 1.82) is 0 Å². The standard InChI is InChI=1S/C22H19N3O5/c26-20(24-10-13-2-1-7-23-9-13)18-16-5-6-22(30-16)11-25(21(27)19(18)22)14-3-4-15-17(8-14)29-12-28-15/h1-9,16,18-19H,10-12H2,(H,24,26)/t16-,18?,19?,22-/m1/s1. The van der Waals surface area contributed by atoms with E-state index < -0.39 is 17.4 Å². The van der Waals surface area contributed by atoms with Crippen molar-refractivity contribution in [1.82, 2.24) is 10.3 Å². The molecule has 0 aliphatic carbocycles. The maximum atomic E-state index is 13.4. The van der Waals surface area contributed by atoms with Gasteiger partial charge in [0.2, 0.25) is 18.6 Å². The Morgan fingerprint density at radius 2 is 2.17 bits per heavy atom. The highest BCUT2D eigenvalue weighted by Crippen LogP contribution is 2.53. The second-order valence-corrected chi connectivity index (χ2v) is 7.94. The van der Waals surface area contributed by atoms with E-state index in [1.54, 1.807) is 29.4 Å². The van der Waals surface area contributed by atoms with Gasteiger partial charge in [0.15, 0.2) is 11.5 Å². The first kappa shape index (κ1) is 17.5. The normalized spacial score (nSPS) is 30.1. The average molecular weight is 405 g/mol. The van der Waals surface area contributed by atoms with E-state index in [1.165, 1.54) is 0 Å². The van der Waals surface area contributed by atoms with E-state index >= 15 is 0 Å². The SMILES string of the molecule is O=C(NCc1cccnc1)C1C2C(=O)N(c3ccc4c(c3)OCO4)C[C@]23C=C[C@H]1O3. The zero-order chi connectivity index (χ0) is 20.3. The molecule has 2 unspecified atom stereocenters. The molecule has 30 heavy (non-hydrogen) atoms. The van der Waals surface area contributed by atoms with Crippen molar-refractivity contribution in [2.45, 2.75) is 18.2 Å². The van der Waals surface area contributed by atoms with Crippen LogP contribution < -0.4 is 19.7 Å². The molecule has 5 heterocycles. The summed E-state index contributed by atoms with van der Waals surface area (Å²) in [6.07, 6.45) is 6.86. The Morgan fingerprint density at radius 3 is 3.03 bits per heavy atom. The summed E-state index contributed by atoms with van der Waals surface area (Å²) in [7, 11) is 0. The molecular formula is C22H19N3O5. The molecule has 2 saturated heterocycles. The van der Waals surface area contributed by atoms with Gasteiger partial charge in [-0.05, 0) is 23.8 Å². The van der Waals surface area contributed by atoms with Crippen LogP contribution in [0, 0.1) is 11.8 Å². The highest BCUT2D eigenvalue weighted by molar-refractivity contribution is 6.03. The van der Waals surface area contributed by atoms with Crippen molar-refractivity contribution >= 4 is 17.5 Å². The van der Waals surface area contributed by atoms with E-state index in [1.807, 2.05) is 30.4 Å². The number of anilines is 1. The monoisotopic (exact) mass is 405 g/mol. The molecule has 2 fully saturated rings. The van der Waals surface area contributed by atoms with Crippen LogP contribution >= 0.6 is 0 Å². The third-order valence-corrected chi connectivity index (χ3v) is 6.26. The van der Waals surface area contributed by atoms with Gasteiger partial charge in [0, 0.05) is 30.7 Å². The molecule has 2 aromatic rings. The molecule has 4 atom stereocenters. The number of hydrogen-bond donors (Lipinski definition) is 1. The number of fused-ring (bicyclic) bond motifs is 2. The van der Waals surface area contributed by atoms with Crippen molar-refractivity contribution in [2.24, 2.45) is 11.8 Å². The number of nitrogens with zero attached hydrogens (tertiary/aromatic N) is 2. The second kappa shape index (κ2) is 6.30. The molecule has 1 aromatic carbocycles. The van der Waals surface area contributed by atoms with E-state index in [0.29, 0.717) is 30.3 Å². The summed E-state index contributed by atoms with van der Waals surface area (Å²) in [6, 6.07) is 9.14. The van der Waals surface area contributed by atoms with Crippen LogP contribution in [0.2, 0.25) is 0 Å². The number of nitrogens with one attached hydrogen (secondary N) is 1. The van der Waals surface area contributed by atoms with E-state index in [9.17, 15) is 9.59 Å². The number of hydrogen-bond acceptors (Lipinski definition) is 6. The molecule has 0 saturated carbocycles. The number of benzene rings is 1. The van der Waals surface area contributed by atoms with Gasteiger partial charge in [-0.1, -0.05) is 18.2 Å². The molecule has 8 heteroatoms. The van der Waals surface area contributed by atoms with Gasteiger partial charge in [0.1, 0.15) is 5.60 Å². The predicted molar refractivity (Wildman–Crippen MR) is 105 cm³/mol. The molecule has 2 bridgehead atoms. The Labute approximate surface area is 172 Å². The Balaban J connectivity index is 1.25. The maximum Gasteiger partial charge on any atom is 0.234 e. The lowest BCUT2D eigenvalue weighted by molar-refractivity contribution is -0.132. The van der Waals surface area contributed by atoms with Crippen LogP contribution in [0.4, 0.5) is 5.69 Å². The second-order valence-electron chi connectivity index (χ2n) is 7.94. The van der Waals surface area contributed by atoms with Gasteiger partial charge < -0.3 is 24.4 Å². The minimum atomic E-state index is -0.769. The van der Waals surface area contributed by atoms with Crippen LogP contribution in [0.15, 0.2) is 54.9 Å². The quantitative estimate of drug-likeness (QED) is 0.774. The van der Waals surface area contributed by atoms with Crippen molar-refractivity contribution in [3.8, 4) is 11.5 Å². The molecule has 4 aliphatic rings. The smallest absolute Gasteiger partial charge is 0.234 e. The van der Waals surface area contributed by atoms with Gasteiger partial charge in [-0.25, -0.2) is 0 Å². The molecule has 2 amide bonds. The number of rotatable bonds is 4. The predicted octanol–water partition coefficient (Wildman–Crippen LogP) is 1.41. The number of ether oxygens (including phenoxy) is 3. The van der Waals surface area contributed by atoms with E-state index in [0.717, 1.165) is 5.56 Å².